The van der Waals surface area contributed by atoms with Crippen LogP contribution in [0.5, 0.6) is 0 Å². The molecule has 1 aliphatic rings. The van der Waals surface area contributed by atoms with Gasteiger partial charge in [-0.1, -0.05) is 36.1 Å². The topological polar surface area (TPSA) is 33.5 Å². The molecule has 6 heteroatoms. The fourth-order valence-corrected chi connectivity index (χ4v) is 3.20. The zero-order valence-corrected chi connectivity index (χ0v) is 12.4. The van der Waals surface area contributed by atoms with Crippen molar-refractivity contribution in [3.05, 3.63) is 64.7 Å². The maximum Gasteiger partial charge on any atom is 0.266 e. The van der Waals surface area contributed by atoms with Crippen LogP contribution in [0.15, 0.2) is 52.0 Å². The van der Waals surface area contributed by atoms with Gasteiger partial charge in [0.1, 0.15) is 15.9 Å². The molecule has 0 unspecified atom stereocenters. The minimum atomic E-state index is -0.338. The third-order valence-electron chi connectivity index (χ3n) is 2.91. The summed E-state index contributed by atoms with van der Waals surface area (Å²) in [5.41, 5.74) is 0.633. The Bertz CT molecular complexity index is 725. The lowest BCUT2D eigenvalue weighted by Gasteiger charge is -2.11. The normalized spacial score (nSPS) is 17.0. The Kier molecular flexibility index (Phi) is 3.90. The number of nitrogens with zero attached hydrogens (tertiary/aromatic N) is 1. The summed E-state index contributed by atoms with van der Waals surface area (Å²) in [7, 11) is 0. The third kappa shape index (κ3) is 3.06. The summed E-state index contributed by atoms with van der Waals surface area (Å²) in [6, 6.07) is 9.62. The molecule has 0 saturated carbocycles. The Labute approximate surface area is 130 Å². The molecule has 2 aromatic rings. The lowest BCUT2D eigenvalue weighted by molar-refractivity contribution is -0.122. The molecule has 3 nitrogen and oxygen atoms in total. The zero-order chi connectivity index (χ0) is 14.8. The Balaban J connectivity index is 1.83. The smallest absolute Gasteiger partial charge is 0.266 e. The molecule has 1 aromatic heterocycles. The molecule has 0 radical (unpaired) electrons. The van der Waals surface area contributed by atoms with E-state index in [1.165, 1.54) is 28.8 Å². The lowest BCUT2D eigenvalue weighted by atomic mass is 10.2. The quantitative estimate of drug-likeness (QED) is 0.636. The number of amides is 1. The van der Waals surface area contributed by atoms with Crippen molar-refractivity contribution in [3.63, 3.8) is 0 Å². The molecule has 0 spiro atoms. The highest BCUT2D eigenvalue weighted by atomic mass is 32.2. The van der Waals surface area contributed by atoms with E-state index in [9.17, 15) is 9.18 Å². The minimum absolute atomic E-state index is 0.189. The van der Waals surface area contributed by atoms with Crippen LogP contribution in [0.25, 0.3) is 6.08 Å². The molecule has 0 atom stereocenters. The van der Waals surface area contributed by atoms with E-state index in [-0.39, 0.29) is 11.7 Å². The third-order valence-corrected chi connectivity index (χ3v) is 4.29. The van der Waals surface area contributed by atoms with Gasteiger partial charge in [-0.2, -0.15) is 0 Å². The standard InChI is InChI=1S/C15H10FNO2S2/c16-11-4-1-3-10(7-11)8-13-14(18)17(15(20)21-13)9-12-5-2-6-19-12/h1-8H,9H2. The Hall–Kier alpha value is -1.92. The van der Waals surface area contributed by atoms with Gasteiger partial charge in [0.05, 0.1) is 17.7 Å². The van der Waals surface area contributed by atoms with Crippen LogP contribution < -0.4 is 0 Å². The zero-order valence-electron chi connectivity index (χ0n) is 10.8. The number of carbonyl (C=O) groups is 1. The number of rotatable bonds is 3. The molecule has 1 aromatic carbocycles. The second-order valence-electron chi connectivity index (χ2n) is 4.40. The van der Waals surface area contributed by atoms with Crippen molar-refractivity contribution < 1.29 is 13.6 Å². The van der Waals surface area contributed by atoms with Crippen molar-refractivity contribution >= 4 is 40.3 Å². The molecule has 21 heavy (non-hydrogen) atoms. The van der Waals surface area contributed by atoms with Gasteiger partial charge in [-0.25, -0.2) is 4.39 Å². The van der Waals surface area contributed by atoms with E-state index in [1.54, 1.807) is 36.6 Å². The van der Waals surface area contributed by atoms with Gasteiger partial charge >= 0.3 is 0 Å². The molecule has 1 amide bonds. The van der Waals surface area contributed by atoms with E-state index in [4.69, 9.17) is 16.6 Å². The Morgan fingerprint density at radius 3 is 2.90 bits per heavy atom. The van der Waals surface area contributed by atoms with Crippen LogP contribution in [0.1, 0.15) is 11.3 Å². The summed E-state index contributed by atoms with van der Waals surface area (Å²) in [5.74, 6) is 0.138. The van der Waals surface area contributed by atoms with Crippen LogP contribution in [0.3, 0.4) is 0 Å². The number of benzene rings is 1. The van der Waals surface area contributed by atoms with Crippen molar-refractivity contribution in [2.24, 2.45) is 0 Å². The SMILES string of the molecule is O=C1C(=Cc2cccc(F)c2)SC(=S)N1Cc1ccco1. The van der Waals surface area contributed by atoms with Gasteiger partial charge in [0.25, 0.3) is 5.91 Å². The average molecular weight is 319 g/mol. The van der Waals surface area contributed by atoms with Crippen molar-refractivity contribution in [1.82, 2.24) is 4.90 Å². The molecule has 1 saturated heterocycles. The molecule has 2 heterocycles. The fraction of sp³-hybridized carbons (Fsp3) is 0.0667. The van der Waals surface area contributed by atoms with Gasteiger partial charge in [-0.05, 0) is 35.9 Å². The largest absolute Gasteiger partial charge is 0.467 e. The molecule has 1 aliphatic heterocycles. The summed E-state index contributed by atoms with van der Waals surface area (Å²) in [4.78, 5) is 14.3. The number of halogens is 1. The van der Waals surface area contributed by atoms with Crippen LogP contribution >= 0.6 is 24.0 Å². The van der Waals surface area contributed by atoms with Gasteiger partial charge in [0, 0.05) is 0 Å². The average Bonchev–Trinajstić information content (AvgIpc) is 3.04. The maximum atomic E-state index is 13.2. The number of hydrogen-bond donors (Lipinski definition) is 0. The van der Waals surface area contributed by atoms with Crippen molar-refractivity contribution in [2.75, 3.05) is 0 Å². The van der Waals surface area contributed by atoms with Crippen LogP contribution in [0.2, 0.25) is 0 Å². The molecule has 0 N–H and O–H groups in total. The number of carbonyl (C=O) groups excluding carboxylic acids is 1. The maximum absolute atomic E-state index is 13.2. The van der Waals surface area contributed by atoms with Crippen molar-refractivity contribution in [2.45, 2.75) is 6.54 Å². The van der Waals surface area contributed by atoms with Gasteiger partial charge in [-0.3, -0.25) is 9.69 Å². The summed E-state index contributed by atoms with van der Waals surface area (Å²) >= 11 is 6.43. The van der Waals surface area contributed by atoms with Crippen LogP contribution in [-0.4, -0.2) is 15.1 Å². The lowest BCUT2D eigenvalue weighted by Crippen LogP contribution is -2.27. The van der Waals surface area contributed by atoms with E-state index in [0.717, 1.165) is 0 Å². The first kappa shape index (κ1) is 14.0. The predicted molar refractivity (Wildman–Crippen MR) is 83.8 cm³/mol. The van der Waals surface area contributed by atoms with E-state index >= 15 is 0 Å². The van der Waals surface area contributed by atoms with Crippen molar-refractivity contribution in [3.8, 4) is 0 Å². The van der Waals surface area contributed by atoms with Crippen LogP contribution in [0.4, 0.5) is 4.39 Å². The highest BCUT2D eigenvalue weighted by Gasteiger charge is 2.32. The van der Waals surface area contributed by atoms with Crippen LogP contribution in [0, 0.1) is 5.82 Å². The first-order valence-electron chi connectivity index (χ1n) is 6.17. The highest BCUT2D eigenvalue weighted by molar-refractivity contribution is 8.26. The fourth-order valence-electron chi connectivity index (χ4n) is 1.94. The Morgan fingerprint density at radius 1 is 1.33 bits per heavy atom. The van der Waals surface area contributed by atoms with E-state index in [1.807, 2.05) is 0 Å². The first-order chi connectivity index (χ1) is 10.1. The Morgan fingerprint density at radius 2 is 2.19 bits per heavy atom. The molecule has 0 aliphatic carbocycles. The molecule has 1 fully saturated rings. The summed E-state index contributed by atoms with van der Waals surface area (Å²) < 4.78 is 18.9. The summed E-state index contributed by atoms with van der Waals surface area (Å²) in [6.45, 7) is 0.304. The number of furan rings is 1. The summed E-state index contributed by atoms with van der Waals surface area (Å²) in [5, 5.41) is 0. The summed E-state index contributed by atoms with van der Waals surface area (Å²) in [6.07, 6.45) is 3.19. The molecule has 106 valence electrons. The predicted octanol–water partition coefficient (Wildman–Crippen LogP) is 3.82. The number of thiocarbonyl (C=S) groups is 1. The monoisotopic (exact) mass is 319 g/mol. The number of hydrogen-bond acceptors (Lipinski definition) is 4. The van der Waals surface area contributed by atoms with Gasteiger partial charge in [0.2, 0.25) is 0 Å². The second kappa shape index (κ2) is 5.83. The van der Waals surface area contributed by atoms with Crippen molar-refractivity contribution in [1.29, 1.82) is 0 Å². The van der Waals surface area contributed by atoms with E-state index < -0.39 is 0 Å². The van der Waals surface area contributed by atoms with Gasteiger partial charge in [0.15, 0.2) is 0 Å². The van der Waals surface area contributed by atoms with Gasteiger partial charge < -0.3 is 4.42 Å². The molecular formula is C15H10FNO2S2. The van der Waals surface area contributed by atoms with E-state index in [0.29, 0.717) is 27.1 Å². The molecule has 3 rings (SSSR count). The first-order valence-corrected chi connectivity index (χ1v) is 7.39. The van der Waals surface area contributed by atoms with Gasteiger partial charge in [-0.15, -0.1) is 0 Å². The number of thioether (sulfide) groups is 1. The highest BCUT2D eigenvalue weighted by Crippen LogP contribution is 2.33. The van der Waals surface area contributed by atoms with E-state index in [2.05, 4.69) is 0 Å². The minimum Gasteiger partial charge on any atom is -0.467 e. The second-order valence-corrected chi connectivity index (χ2v) is 6.08. The molecular weight excluding hydrogens is 309 g/mol. The molecule has 0 bridgehead atoms. The van der Waals surface area contributed by atoms with Crippen LogP contribution in [-0.2, 0) is 11.3 Å².